The van der Waals surface area contributed by atoms with Crippen molar-refractivity contribution in [3.05, 3.63) is 23.0 Å². The number of halogens is 2. The summed E-state index contributed by atoms with van der Waals surface area (Å²) < 4.78 is 41.3. The number of anilines is 1. The molecule has 7 heteroatoms. The fourth-order valence-electron chi connectivity index (χ4n) is 2.67. The topological polar surface area (TPSA) is 72.2 Å². The smallest absolute Gasteiger partial charge is 0.243 e. The van der Waals surface area contributed by atoms with Crippen LogP contribution in [0.4, 0.5) is 10.1 Å². The van der Waals surface area contributed by atoms with Crippen LogP contribution in [0.3, 0.4) is 0 Å². The van der Waals surface area contributed by atoms with Crippen LogP contribution >= 0.6 is 11.6 Å². The van der Waals surface area contributed by atoms with Gasteiger partial charge in [0.1, 0.15) is 4.90 Å². The summed E-state index contributed by atoms with van der Waals surface area (Å²) in [6, 6.07) is 2.13. The van der Waals surface area contributed by atoms with E-state index >= 15 is 0 Å². The lowest BCUT2D eigenvalue weighted by atomic mass is 10.0. The average Bonchev–Trinajstić information content (AvgIpc) is 2.58. The second kappa shape index (κ2) is 6.50. The molecule has 0 amide bonds. The Morgan fingerprint density at radius 2 is 2.00 bits per heavy atom. The van der Waals surface area contributed by atoms with Crippen LogP contribution in [-0.4, -0.2) is 14.5 Å². The molecule has 0 spiro atoms. The van der Waals surface area contributed by atoms with E-state index in [9.17, 15) is 12.8 Å². The fourth-order valence-corrected chi connectivity index (χ4v) is 4.39. The maximum Gasteiger partial charge on any atom is 0.243 e. The summed E-state index contributed by atoms with van der Waals surface area (Å²) >= 11 is 5.67. The molecule has 0 heterocycles. The van der Waals surface area contributed by atoms with Crippen LogP contribution in [0.2, 0.25) is 5.02 Å². The zero-order valence-electron chi connectivity index (χ0n) is 11.9. The molecule has 21 heavy (non-hydrogen) atoms. The van der Waals surface area contributed by atoms with Gasteiger partial charge in [0.15, 0.2) is 5.82 Å². The fraction of sp³-hybridized carbons (Fsp3) is 0.571. The highest BCUT2D eigenvalue weighted by atomic mass is 35.5. The van der Waals surface area contributed by atoms with Crippen molar-refractivity contribution in [3.8, 4) is 0 Å². The van der Waals surface area contributed by atoms with E-state index in [0.29, 0.717) is 5.92 Å². The molecule has 2 atom stereocenters. The standard InChI is InChI=1S/C14H20ClFN2O2S/c1-9-3-2-4-11(6-5-9)18-21(19,20)13-8-10(17)7-12(15)14(13)16/h7-9,11,18H,2-6,17H2,1H3. The van der Waals surface area contributed by atoms with Gasteiger partial charge in [-0.1, -0.05) is 31.4 Å². The van der Waals surface area contributed by atoms with Crippen molar-refractivity contribution in [2.24, 2.45) is 5.92 Å². The van der Waals surface area contributed by atoms with Gasteiger partial charge in [-0.2, -0.15) is 0 Å². The summed E-state index contributed by atoms with van der Waals surface area (Å²) in [4.78, 5) is -0.482. The van der Waals surface area contributed by atoms with Gasteiger partial charge in [-0.25, -0.2) is 17.5 Å². The predicted molar refractivity (Wildman–Crippen MR) is 82.2 cm³/mol. The van der Waals surface area contributed by atoms with Gasteiger partial charge in [0.05, 0.1) is 5.02 Å². The number of hydrogen-bond acceptors (Lipinski definition) is 3. The lowest BCUT2D eigenvalue weighted by molar-refractivity contribution is 0.482. The third-order valence-corrected chi connectivity index (χ3v) is 5.68. The molecule has 0 aromatic heterocycles. The highest BCUT2D eigenvalue weighted by Crippen LogP contribution is 2.28. The molecule has 118 valence electrons. The molecule has 1 aromatic rings. The van der Waals surface area contributed by atoms with E-state index in [1.165, 1.54) is 6.07 Å². The highest BCUT2D eigenvalue weighted by molar-refractivity contribution is 7.89. The largest absolute Gasteiger partial charge is 0.399 e. The molecule has 0 saturated heterocycles. The van der Waals surface area contributed by atoms with Gasteiger partial charge < -0.3 is 5.73 Å². The average molecular weight is 335 g/mol. The monoisotopic (exact) mass is 334 g/mol. The van der Waals surface area contributed by atoms with Crippen molar-refractivity contribution in [2.75, 3.05) is 5.73 Å². The van der Waals surface area contributed by atoms with Gasteiger partial charge in [-0.05, 0) is 37.3 Å². The summed E-state index contributed by atoms with van der Waals surface area (Å²) in [5, 5.41) is -0.287. The molecular formula is C14H20ClFN2O2S. The molecule has 1 fully saturated rings. The minimum atomic E-state index is -3.96. The molecule has 1 aliphatic carbocycles. The molecule has 0 bridgehead atoms. The number of hydrogen-bond donors (Lipinski definition) is 2. The van der Waals surface area contributed by atoms with Crippen molar-refractivity contribution in [1.82, 2.24) is 4.72 Å². The normalized spacial score (nSPS) is 23.8. The molecule has 3 N–H and O–H groups in total. The van der Waals surface area contributed by atoms with Gasteiger partial charge in [-0.3, -0.25) is 0 Å². The van der Waals surface area contributed by atoms with Gasteiger partial charge in [0, 0.05) is 11.7 Å². The van der Waals surface area contributed by atoms with Crippen molar-refractivity contribution < 1.29 is 12.8 Å². The Morgan fingerprint density at radius 1 is 1.29 bits per heavy atom. The first-order valence-corrected chi connectivity index (χ1v) is 8.92. The van der Waals surface area contributed by atoms with E-state index in [-0.39, 0.29) is 16.8 Å². The van der Waals surface area contributed by atoms with Gasteiger partial charge >= 0.3 is 0 Å². The molecule has 2 unspecified atom stereocenters. The predicted octanol–water partition coefficient (Wildman–Crippen LogP) is 3.31. The van der Waals surface area contributed by atoms with E-state index in [1.807, 2.05) is 0 Å². The maximum atomic E-state index is 14.0. The Kier molecular flexibility index (Phi) is 5.11. The quantitative estimate of drug-likeness (QED) is 0.658. The molecule has 1 aromatic carbocycles. The summed E-state index contributed by atoms with van der Waals surface area (Å²) in [5.41, 5.74) is 5.68. The number of rotatable bonds is 3. The van der Waals surface area contributed by atoms with E-state index in [1.54, 1.807) is 0 Å². The minimum Gasteiger partial charge on any atom is -0.399 e. The zero-order chi connectivity index (χ0) is 15.6. The highest BCUT2D eigenvalue weighted by Gasteiger charge is 2.26. The third-order valence-electron chi connectivity index (χ3n) is 3.89. The summed E-state index contributed by atoms with van der Waals surface area (Å²) in [6.45, 7) is 2.16. The lowest BCUT2D eigenvalue weighted by Crippen LogP contribution is -2.35. The third kappa shape index (κ3) is 4.08. The molecule has 1 saturated carbocycles. The van der Waals surface area contributed by atoms with Gasteiger partial charge in [-0.15, -0.1) is 0 Å². The first-order valence-electron chi connectivity index (χ1n) is 7.06. The van der Waals surface area contributed by atoms with E-state index in [0.717, 1.165) is 38.2 Å². The molecule has 0 radical (unpaired) electrons. The molecule has 4 nitrogen and oxygen atoms in total. The second-order valence-corrected chi connectivity index (χ2v) is 7.84. The van der Waals surface area contributed by atoms with Crippen molar-refractivity contribution in [1.29, 1.82) is 0 Å². The first-order chi connectivity index (χ1) is 9.79. The summed E-state index contributed by atoms with van der Waals surface area (Å²) in [5.74, 6) is -0.363. The van der Waals surface area contributed by atoms with Gasteiger partial charge in [0.25, 0.3) is 0 Å². The Labute approximate surface area is 129 Å². The zero-order valence-corrected chi connectivity index (χ0v) is 13.5. The molecule has 0 aliphatic heterocycles. The molecule has 2 rings (SSSR count). The number of sulfonamides is 1. The molecule has 1 aliphatic rings. The SMILES string of the molecule is CC1CCCC(NS(=O)(=O)c2cc(N)cc(Cl)c2F)CC1. The van der Waals surface area contributed by atoms with Crippen molar-refractivity contribution in [3.63, 3.8) is 0 Å². The second-order valence-electron chi connectivity index (χ2n) is 5.75. The lowest BCUT2D eigenvalue weighted by Gasteiger charge is -2.17. The Bertz CT molecular complexity index is 622. The van der Waals surface area contributed by atoms with E-state index in [4.69, 9.17) is 17.3 Å². The number of benzene rings is 1. The van der Waals surface area contributed by atoms with Crippen molar-refractivity contribution >= 4 is 27.3 Å². The van der Waals surface area contributed by atoms with E-state index < -0.39 is 20.7 Å². The Hall–Kier alpha value is -0.850. The molecular weight excluding hydrogens is 315 g/mol. The first kappa shape index (κ1) is 16.5. The Balaban J connectivity index is 2.22. The van der Waals surface area contributed by atoms with Crippen LogP contribution in [-0.2, 0) is 10.0 Å². The summed E-state index contributed by atoms with van der Waals surface area (Å²) in [6.07, 6.45) is 4.55. The van der Waals surface area contributed by atoms with Crippen LogP contribution in [0.1, 0.15) is 39.0 Å². The minimum absolute atomic E-state index is 0.122. The summed E-state index contributed by atoms with van der Waals surface area (Å²) in [7, 11) is -3.96. The number of nitrogens with one attached hydrogen (secondary N) is 1. The van der Waals surface area contributed by atoms with E-state index in [2.05, 4.69) is 11.6 Å². The van der Waals surface area contributed by atoms with Crippen LogP contribution in [0.5, 0.6) is 0 Å². The number of nitrogen functional groups attached to an aromatic ring is 1. The van der Waals surface area contributed by atoms with Crippen LogP contribution < -0.4 is 10.5 Å². The number of nitrogens with two attached hydrogens (primary N) is 1. The van der Waals surface area contributed by atoms with Crippen LogP contribution in [0, 0.1) is 11.7 Å². The van der Waals surface area contributed by atoms with Gasteiger partial charge in [0.2, 0.25) is 10.0 Å². The van der Waals surface area contributed by atoms with Crippen LogP contribution in [0.25, 0.3) is 0 Å². The Morgan fingerprint density at radius 3 is 2.71 bits per heavy atom. The maximum absolute atomic E-state index is 14.0. The van der Waals surface area contributed by atoms with Crippen LogP contribution in [0.15, 0.2) is 17.0 Å². The van der Waals surface area contributed by atoms with Crippen molar-refractivity contribution in [2.45, 2.75) is 50.0 Å².